The van der Waals surface area contributed by atoms with Crippen molar-refractivity contribution in [3.63, 3.8) is 0 Å². The Morgan fingerprint density at radius 3 is 2.83 bits per heavy atom. The number of halogens is 1. The van der Waals surface area contributed by atoms with E-state index in [1.54, 1.807) is 6.20 Å². The van der Waals surface area contributed by atoms with Crippen molar-refractivity contribution >= 4 is 11.6 Å². The van der Waals surface area contributed by atoms with Crippen LogP contribution in [0.15, 0.2) is 34.9 Å². The molecule has 0 amide bonds. The maximum atomic E-state index is 6.15. The van der Waals surface area contributed by atoms with Gasteiger partial charge in [0.05, 0.1) is 12.7 Å². The molecule has 0 saturated heterocycles. The first-order chi connectivity index (χ1) is 8.70. The van der Waals surface area contributed by atoms with Gasteiger partial charge in [-0.15, -0.1) is 0 Å². The second-order valence-electron chi connectivity index (χ2n) is 4.20. The first-order valence-corrected chi connectivity index (χ1v) is 6.50. The standard InChI is InChI=1S/C14H17ClN2O/c1-3-11-8-17-14(18-11)9-16-10(2)12-6-4-5-7-13(12)15/h4-8,10,16H,3,9H2,1-2H3. The van der Waals surface area contributed by atoms with Crippen LogP contribution in [-0.4, -0.2) is 4.98 Å². The summed E-state index contributed by atoms with van der Waals surface area (Å²) in [5.41, 5.74) is 1.08. The van der Waals surface area contributed by atoms with Crippen molar-refractivity contribution in [1.29, 1.82) is 0 Å². The first-order valence-electron chi connectivity index (χ1n) is 6.12. The summed E-state index contributed by atoms with van der Waals surface area (Å²) < 4.78 is 5.54. The third kappa shape index (κ3) is 3.12. The molecule has 2 rings (SSSR count). The van der Waals surface area contributed by atoms with Crippen LogP contribution in [-0.2, 0) is 13.0 Å². The molecular weight excluding hydrogens is 248 g/mol. The lowest BCUT2D eigenvalue weighted by atomic mass is 10.1. The Morgan fingerprint density at radius 1 is 1.39 bits per heavy atom. The monoisotopic (exact) mass is 264 g/mol. The molecule has 1 N–H and O–H groups in total. The predicted octanol–water partition coefficient (Wildman–Crippen LogP) is 3.74. The minimum atomic E-state index is 0.163. The molecule has 2 aromatic rings. The van der Waals surface area contributed by atoms with Crippen molar-refractivity contribution in [2.24, 2.45) is 0 Å². The average Bonchev–Trinajstić information content (AvgIpc) is 2.84. The zero-order valence-corrected chi connectivity index (χ0v) is 11.4. The van der Waals surface area contributed by atoms with E-state index in [0.29, 0.717) is 12.4 Å². The van der Waals surface area contributed by atoms with Gasteiger partial charge in [0.1, 0.15) is 5.76 Å². The minimum Gasteiger partial charge on any atom is -0.444 e. The Kier molecular flexibility index (Phi) is 4.39. The highest BCUT2D eigenvalue weighted by Gasteiger charge is 2.10. The molecule has 1 unspecified atom stereocenters. The molecule has 18 heavy (non-hydrogen) atoms. The molecule has 1 heterocycles. The molecule has 0 saturated carbocycles. The van der Waals surface area contributed by atoms with Crippen LogP contribution in [0.2, 0.25) is 5.02 Å². The van der Waals surface area contributed by atoms with Gasteiger partial charge in [-0.25, -0.2) is 4.98 Å². The molecule has 96 valence electrons. The molecule has 1 aromatic heterocycles. The van der Waals surface area contributed by atoms with Crippen LogP contribution in [0.5, 0.6) is 0 Å². The van der Waals surface area contributed by atoms with E-state index in [0.717, 1.165) is 22.8 Å². The second-order valence-corrected chi connectivity index (χ2v) is 4.61. The smallest absolute Gasteiger partial charge is 0.208 e. The maximum absolute atomic E-state index is 6.15. The van der Waals surface area contributed by atoms with Crippen LogP contribution < -0.4 is 5.32 Å². The summed E-state index contributed by atoms with van der Waals surface area (Å²) in [7, 11) is 0. The van der Waals surface area contributed by atoms with Crippen molar-refractivity contribution < 1.29 is 4.42 Å². The van der Waals surface area contributed by atoms with E-state index in [-0.39, 0.29) is 6.04 Å². The Labute approximate surface area is 112 Å². The summed E-state index contributed by atoms with van der Waals surface area (Å²) >= 11 is 6.15. The van der Waals surface area contributed by atoms with Crippen molar-refractivity contribution in [3.8, 4) is 0 Å². The van der Waals surface area contributed by atoms with E-state index < -0.39 is 0 Å². The van der Waals surface area contributed by atoms with Gasteiger partial charge in [-0.3, -0.25) is 0 Å². The number of hydrogen-bond donors (Lipinski definition) is 1. The van der Waals surface area contributed by atoms with E-state index in [1.165, 1.54) is 0 Å². The summed E-state index contributed by atoms with van der Waals surface area (Å²) in [6.45, 7) is 4.72. The van der Waals surface area contributed by atoms with Crippen molar-refractivity contribution in [1.82, 2.24) is 10.3 Å². The van der Waals surface area contributed by atoms with Gasteiger partial charge in [0.15, 0.2) is 0 Å². The zero-order chi connectivity index (χ0) is 13.0. The van der Waals surface area contributed by atoms with Gasteiger partial charge in [-0.05, 0) is 18.6 Å². The van der Waals surface area contributed by atoms with Gasteiger partial charge >= 0.3 is 0 Å². The Hall–Kier alpha value is -1.32. The molecular formula is C14H17ClN2O. The number of hydrogen-bond acceptors (Lipinski definition) is 3. The second kappa shape index (κ2) is 6.03. The van der Waals surface area contributed by atoms with Gasteiger partial charge in [0.25, 0.3) is 0 Å². The largest absolute Gasteiger partial charge is 0.444 e. The number of aryl methyl sites for hydroxylation is 1. The van der Waals surface area contributed by atoms with Crippen LogP contribution >= 0.6 is 11.6 Å². The normalized spacial score (nSPS) is 12.6. The SMILES string of the molecule is CCc1cnc(CNC(C)c2ccccc2Cl)o1. The summed E-state index contributed by atoms with van der Waals surface area (Å²) in [6, 6.07) is 8.00. The van der Waals surface area contributed by atoms with E-state index in [1.807, 2.05) is 31.2 Å². The van der Waals surface area contributed by atoms with Crippen LogP contribution in [0.3, 0.4) is 0 Å². The number of benzene rings is 1. The van der Waals surface area contributed by atoms with E-state index in [9.17, 15) is 0 Å². The van der Waals surface area contributed by atoms with Crippen molar-refractivity contribution in [2.45, 2.75) is 32.9 Å². The van der Waals surface area contributed by atoms with Crippen LogP contribution in [0.1, 0.15) is 37.1 Å². The minimum absolute atomic E-state index is 0.163. The lowest BCUT2D eigenvalue weighted by Gasteiger charge is -2.14. The molecule has 0 aliphatic carbocycles. The fraction of sp³-hybridized carbons (Fsp3) is 0.357. The predicted molar refractivity (Wildman–Crippen MR) is 72.6 cm³/mol. The zero-order valence-electron chi connectivity index (χ0n) is 10.6. The molecule has 1 aromatic carbocycles. The quantitative estimate of drug-likeness (QED) is 0.894. The van der Waals surface area contributed by atoms with Gasteiger partial charge in [-0.1, -0.05) is 36.7 Å². The average molecular weight is 265 g/mol. The summed E-state index contributed by atoms with van der Waals surface area (Å²) in [5.74, 6) is 1.63. The first kappa shape index (κ1) is 13.1. The van der Waals surface area contributed by atoms with Crippen LogP contribution in [0.25, 0.3) is 0 Å². The molecule has 0 aliphatic rings. The van der Waals surface area contributed by atoms with Crippen molar-refractivity contribution in [3.05, 3.63) is 52.7 Å². The summed E-state index contributed by atoms with van der Waals surface area (Å²) in [4.78, 5) is 4.21. The molecule has 0 bridgehead atoms. The van der Waals surface area contributed by atoms with E-state index in [2.05, 4.69) is 17.2 Å². The summed E-state index contributed by atoms with van der Waals surface area (Å²) in [5, 5.41) is 4.13. The lowest BCUT2D eigenvalue weighted by molar-refractivity contribution is 0.424. The Bertz CT molecular complexity index is 510. The third-order valence-corrected chi connectivity index (χ3v) is 3.23. The molecule has 4 heteroatoms. The maximum Gasteiger partial charge on any atom is 0.208 e. The van der Waals surface area contributed by atoms with E-state index >= 15 is 0 Å². The molecule has 0 radical (unpaired) electrons. The van der Waals surface area contributed by atoms with Crippen LogP contribution in [0.4, 0.5) is 0 Å². The molecule has 3 nitrogen and oxygen atoms in total. The van der Waals surface area contributed by atoms with E-state index in [4.69, 9.17) is 16.0 Å². The Morgan fingerprint density at radius 2 is 2.17 bits per heavy atom. The van der Waals surface area contributed by atoms with Gasteiger partial charge in [-0.2, -0.15) is 0 Å². The fourth-order valence-corrected chi connectivity index (χ4v) is 2.07. The highest BCUT2D eigenvalue weighted by atomic mass is 35.5. The highest BCUT2D eigenvalue weighted by Crippen LogP contribution is 2.22. The number of aromatic nitrogens is 1. The molecule has 0 aliphatic heterocycles. The lowest BCUT2D eigenvalue weighted by Crippen LogP contribution is -2.18. The summed E-state index contributed by atoms with van der Waals surface area (Å²) in [6.07, 6.45) is 2.64. The van der Waals surface area contributed by atoms with Crippen molar-refractivity contribution in [2.75, 3.05) is 0 Å². The molecule has 0 spiro atoms. The molecule has 0 fully saturated rings. The molecule has 1 atom stereocenters. The fourth-order valence-electron chi connectivity index (χ4n) is 1.77. The highest BCUT2D eigenvalue weighted by molar-refractivity contribution is 6.31. The van der Waals surface area contributed by atoms with Crippen LogP contribution in [0, 0.1) is 0 Å². The number of nitrogens with one attached hydrogen (secondary N) is 1. The Balaban J connectivity index is 1.96. The topological polar surface area (TPSA) is 38.1 Å². The number of nitrogens with zero attached hydrogens (tertiary/aromatic N) is 1. The number of rotatable bonds is 5. The third-order valence-electron chi connectivity index (χ3n) is 2.88. The number of oxazole rings is 1. The van der Waals surface area contributed by atoms with Gasteiger partial charge < -0.3 is 9.73 Å². The van der Waals surface area contributed by atoms with Gasteiger partial charge in [0, 0.05) is 17.5 Å². The van der Waals surface area contributed by atoms with Gasteiger partial charge in [0.2, 0.25) is 5.89 Å².